The van der Waals surface area contributed by atoms with Crippen molar-refractivity contribution in [1.29, 1.82) is 0 Å². The van der Waals surface area contributed by atoms with E-state index in [2.05, 4.69) is 15.1 Å². The van der Waals surface area contributed by atoms with E-state index in [1.165, 1.54) is 4.68 Å². The molecule has 0 aliphatic rings. The summed E-state index contributed by atoms with van der Waals surface area (Å²) in [4.78, 5) is 20.6. The summed E-state index contributed by atoms with van der Waals surface area (Å²) in [6, 6.07) is 10.3. The minimum absolute atomic E-state index is 0.238. The van der Waals surface area contributed by atoms with E-state index in [4.69, 9.17) is 23.8 Å². The number of carbonyl (C=O) groups excluding carboxylic acids is 1. The number of nitrogens with zero attached hydrogens (tertiary/aromatic N) is 3. The highest BCUT2D eigenvalue weighted by Gasteiger charge is 2.15. The minimum Gasteiger partial charge on any atom is -0.267 e. The van der Waals surface area contributed by atoms with Gasteiger partial charge in [-0.15, -0.1) is 0 Å². The Morgan fingerprint density at radius 1 is 1.14 bits per heavy atom. The van der Waals surface area contributed by atoms with Gasteiger partial charge >= 0.3 is 0 Å². The van der Waals surface area contributed by atoms with Crippen LogP contribution in [0.5, 0.6) is 0 Å². The zero-order valence-electron chi connectivity index (χ0n) is 10.7. The van der Waals surface area contributed by atoms with Crippen molar-refractivity contribution in [1.82, 2.24) is 19.7 Å². The van der Waals surface area contributed by atoms with Crippen molar-refractivity contribution >= 4 is 29.7 Å². The van der Waals surface area contributed by atoms with Gasteiger partial charge in [0, 0.05) is 28.5 Å². The molecule has 5 nitrogen and oxygen atoms in total. The van der Waals surface area contributed by atoms with Crippen molar-refractivity contribution in [2.24, 2.45) is 0 Å². The van der Waals surface area contributed by atoms with E-state index in [9.17, 15) is 4.79 Å². The van der Waals surface area contributed by atoms with Crippen molar-refractivity contribution in [2.75, 3.05) is 0 Å². The van der Waals surface area contributed by atoms with Gasteiger partial charge < -0.3 is 0 Å². The summed E-state index contributed by atoms with van der Waals surface area (Å²) in [7, 11) is 0. The molecule has 0 aliphatic carbocycles. The van der Waals surface area contributed by atoms with Gasteiger partial charge in [0.1, 0.15) is 0 Å². The van der Waals surface area contributed by atoms with Crippen LogP contribution in [0.1, 0.15) is 10.4 Å². The second kappa shape index (κ2) is 5.59. The number of carbonyl (C=O) groups is 1. The molecule has 0 saturated heterocycles. The number of aromatic nitrogens is 4. The average molecular weight is 317 g/mol. The number of pyridine rings is 1. The van der Waals surface area contributed by atoms with Gasteiger partial charge in [-0.2, -0.15) is 9.67 Å². The van der Waals surface area contributed by atoms with Crippen LogP contribution in [0.2, 0.25) is 5.02 Å². The van der Waals surface area contributed by atoms with Crippen molar-refractivity contribution < 1.29 is 4.79 Å². The highest BCUT2D eigenvalue weighted by atomic mass is 35.5. The summed E-state index contributed by atoms with van der Waals surface area (Å²) in [5, 5.41) is 3.38. The highest BCUT2D eigenvalue weighted by molar-refractivity contribution is 7.71. The van der Waals surface area contributed by atoms with Gasteiger partial charge in [-0.3, -0.25) is 14.9 Å². The van der Waals surface area contributed by atoms with E-state index in [-0.39, 0.29) is 10.7 Å². The fourth-order valence-corrected chi connectivity index (χ4v) is 2.19. The molecule has 0 aliphatic heterocycles. The first-order valence-electron chi connectivity index (χ1n) is 6.05. The van der Waals surface area contributed by atoms with Crippen LogP contribution in [0.15, 0.2) is 48.8 Å². The molecule has 0 unspecified atom stereocenters. The molecule has 0 radical (unpaired) electrons. The number of halogens is 1. The van der Waals surface area contributed by atoms with E-state index in [1.807, 2.05) is 0 Å². The van der Waals surface area contributed by atoms with Gasteiger partial charge in [-0.05, 0) is 48.6 Å². The molecule has 0 saturated carbocycles. The summed E-state index contributed by atoms with van der Waals surface area (Å²) < 4.78 is 1.56. The lowest BCUT2D eigenvalue weighted by Crippen LogP contribution is -2.15. The summed E-state index contributed by atoms with van der Waals surface area (Å²) in [6.07, 6.45) is 3.11. The smallest absolute Gasteiger partial charge is 0.267 e. The molecule has 1 N–H and O–H groups in total. The molecule has 0 amide bonds. The number of hydrogen-bond donors (Lipinski definition) is 1. The third-order valence-corrected chi connectivity index (χ3v) is 3.29. The van der Waals surface area contributed by atoms with E-state index in [0.29, 0.717) is 16.4 Å². The molecular formula is C14H9ClN4OS. The molecule has 104 valence electrons. The lowest BCUT2D eigenvalue weighted by atomic mass is 10.2. The number of nitrogens with one attached hydrogen (secondary N) is 1. The quantitative estimate of drug-likeness (QED) is 0.736. The van der Waals surface area contributed by atoms with Crippen LogP contribution < -0.4 is 0 Å². The van der Waals surface area contributed by atoms with E-state index in [1.54, 1.807) is 48.8 Å². The van der Waals surface area contributed by atoms with Crippen LogP contribution in [0.4, 0.5) is 0 Å². The molecule has 2 heterocycles. The third-order valence-electron chi connectivity index (χ3n) is 2.86. The molecule has 21 heavy (non-hydrogen) atoms. The van der Waals surface area contributed by atoms with Crippen molar-refractivity contribution in [3.8, 4) is 11.4 Å². The van der Waals surface area contributed by atoms with Crippen LogP contribution in [-0.4, -0.2) is 25.7 Å². The van der Waals surface area contributed by atoms with E-state index >= 15 is 0 Å². The van der Waals surface area contributed by atoms with E-state index < -0.39 is 0 Å². The number of benzene rings is 1. The Kier molecular flexibility index (Phi) is 3.64. The molecule has 2 aromatic heterocycles. The van der Waals surface area contributed by atoms with Crippen molar-refractivity contribution in [3.63, 3.8) is 0 Å². The highest BCUT2D eigenvalue weighted by Crippen LogP contribution is 2.20. The zero-order chi connectivity index (χ0) is 14.8. The number of rotatable bonds is 2. The first-order chi connectivity index (χ1) is 10.1. The molecular weight excluding hydrogens is 308 g/mol. The van der Waals surface area contributed by atoms with Crippen LogP contribution in [0.25, 0.3) is 11.4 Å². The Hall–Kier alpha value is -2.31. The number of aromatic amines is 1. The fourth-order valence-electron chi connectivity index (χ4n) is 1.88. The van der Waals surface area contributed by atoms with Crippen LogP contribution in [0, 0.1) is 4.77 Å². The Morgan fingerprint density at radius 2 is 1.81 bits per heavy atom. The normalized spacial score (nSPS) is 10.5. The second-order valence-electron chi connectivity index (χ2n) is 4.24. The van der Waals surface area contributed by atoms with Gasteiger partial charge in [-0.1, -0.05) is 11.6 Å². The van der Waals surface area contributed by atoms with Gasteiger partial charge in [0.05, 0.1) is 0 Å². The van der Waals surface area contributed by atoms with Gasteiger partial charge in [0.25, 0.3) is 5.91 Å². The Labute approximate surface area is 130 Å². The van der Waals surface area contributed by atoms with Crippen LogP contribution in [0.3, 0.4) is 0 Å². The molecule has 0 fully saturated rings. The Bertz CT molecular complexity index is 839. The van der Waals surface area contributed by atoms with Gasteiger partial charge in [0.2, 0.25) is 4.77 Å². The standard InChI is InChI=1S/C14H9ClN4OS/c15-11-3-1-9(2-4-11)12-17-14(21)18-19(12)13(20)10-5-7-16-8-6-10/h1-8H,(H,18,21). The monoisotopic (exact) mass is 316 g/mol. The molecule has 3 rings (SSSR count). The minimum atomic E-state index is -0.258. The lowest BCUT2D eigenvalue weighted by molar-refractivity contribution is 0.0946. The predicted octanol–water partition coefficient (Wildman–Crippen LogP) is 3.34. The maximum atomic E-state index is 12.5. The van der Waals surface area contributed by atoms with Crippen LogP contribution in [-0.2, 0) is 0 Å². The zero-order valence-corrected chi connectivity index (χ0v) is 12.2. The molecule has 7 heteroatoms. The fraction of sp³-hybridized carbons (Fsp3) is 0. The summed E-state index contributed by atoms with van der Waals surface area (Å²) in [5.41, 5.74) is 1.23. The molecule has 0 atom stereocenters. The summed E-state index contributed by atoms with van der Waals surface area (Å²) >= 11 is 10.9. The Morgan fingerprint density at radius 3 is 2.48 bits per heavy atom. The lowest BCUT2D eigenvalue weighted by Gasteiger charge is -2.05. The molecule has 0 spiro atoms. The maximum absolute atomic E-state index is 12.5. The first-order valence-corrected chi connectivity index (χ1v) is 6.83. The van der Waals surface area contributed by atoms with Crippen LogP contribution >= 0.6 is 23.8 Å². The predicted molar refractivity (Wildman–Crippen MR) is 81.8 cm³/mol. The Balaban J connectivity index is 2.10. The van der Waals surface area contributed by atoms with Crippen molar-refractivity contribution in [2.45, 2.75) is 0 Å². The number of H-pyrrole nitrogens is 1. The molecule has 0 bridgehead atoms. The summed E-state index contributed by atoms with van der Waals surface area (Å²) in [5.74, 6) is 0.185. The molecule has 3 aromatic rings. The average Bonchev–Trinajstić information content (AvgIpc) is 2.90. The van der Waals surface area contributed by atoms with Crippen molar-refractivity contribution in [3.05, 3.63) is 64.1 Å². The maximum Gasteiger partial charge on any atom is 0.278 e. The number of hydrogen-bond acceptors (Lipinski definition) is 4. The third kappa shape index (κ3) is 2.76. The van der Waals surface area contributed by atoms with Gasteiger partial charge in [-0.25, -0.2) is 0 Å². The summed E-state index contributed by atoms with van der Waals surface area (Å²) in [6.45, 7) is 0. The first kappa shape index (κ1) is 13.7. The molecule has 1 aromatic carbocycles. The largest absolute Gasteiger partial charge is 0.278 e. The topological polar surface area (TPSA) is 63.6 Å². The van der Waals surface area contributed by atoms with Gasteiger partial charge in [0.15, 0.2) is 5.82 Å². The van der Waals surface area contributed by atoms with E-state index in [0.717, 1.165) is 5.56 Å². The SMILES string of the molecule is O=C(c1ccncc1)n1[nH]c(=S)nc1-c1ccc(Cl)cc1. The second-order valence-corrected chi connectivity index (χ2v) is 5.06.